The highest BCUT2D eigenvalue weighted by Crippen LogP contribution is 2.20. The van der Waals surface area contributed by atoms with E-state index in [-0.39, 0.29) is 24.0 Å². The Morgan fingerprint density at radius 2 is 1.96 bits per heavy atom. The first-order chi connectivity index (χ1) is 12.0. The van der Waals surface area contributed by atoms with Gasteiger partial charge in [0.15, 0.2) is 0 Å². The Morgan fingerprint density at radius 1 is 1.28 bits per heavy atom. The molecule has 1 heterocycles. The Morgan fingerprint density at radius 3 is 2.52 bits per heavy atom. The van der Waals surface area contributed by atoms with Gasteiger partial charge in [-0.3, -0.25) is 4.79 Å². The second-order valence-corrected chi connectivity index (χ2v) is 6.73. The second-order valence-electron chi connectivity index (χ2n) is 6.73. The van der Waals surface area contributed by atoms with Gasteiger partial charge in [-0.25, -0.2) is 4.79 Å². The molecule has 0 spiro atoms. The van der Waals surface area contributed by atoms with E-state index < -0.39 is 0 Å². The minimum atomic E-state index is -0.355. The first-order valence-corrected chi connectivity index (χ1v) is 8.99. The fourth-order valence-corrected chi connectivity index (χ4v) is 3.31. The highest BCUT2D eigenvalue weighted by atomic mass is 16.2. The van der Waals surface area contributed by atoms with Crippen LogP contribution in [0.4, 0.5) is 4.79 Å². The number of hydrogen-bond acceptors (Lipinski definition) is 3. The van der Waals surface area contributed by atoms with Gasteiger partial charge in [-0.2, -0.15) is 0 Å². The molecule has 2 N–H and O–H groups in total. The largest absolute Gasteiger partial charge is 0.357 e. The number of nitrogens with one attached hydrogen (secondary N) is 2. The monoisotopic (exact) mass is 346 g/mol. The van der Waals surface area contributed by atoms with Gasteiger partial charge >= 0.3 is 6.03 Å². The van der Waals surface area contributed by atoms with Gasteiger partial charge in [0.1, 0.15) is 6.04 Å². The lowest BCUT2D eigenvalue weighted by Crippen LogP contribution is -2.50. The van der Waals surface area contributed by atoms with Gasteiger partial charge in [0.25, 0.3) is 0 Å². The third-order valence-corrected chi connectivity index (χ3v) is 4.91. The van der Waals surface area contributed by atoms with Gasteiger partial charge in [0.2, 0.25) is 5.91 Å². The fourth-order valence-electron chi connectivity index (χ4n) is 3.31. The molecule has 2 rings (SSSR count). The summed E-state index contributed by atoms with van der Waals surface area (Å²) >= 11 is 0. The summed E-state index contributed by atoms with van der Waals surface area (Å²) in [5.74, 6) is -0.0908. The summed E-state index contributed by atoms with van der Waals surface area (Å²) in [7, 11) is 5.63. The maximum Gasteiger partial charge on any atom is 0.318 e. The summed E-state index contributed by atoms with van der Waals surface area (Å²) in [5, 5.41) is 5.65. The summed E-state index contributed by atoms with van der Waals surface area (Å²) in [6.07, 6.45) is 2.60. The van der Waals surface area contributed by atoms with Crippen LogP contribution in [-0.2, 0) is 11.2 Å². The predicted molar refractivity (Wildman–Crippen MR) is 99.4 cm³/mol. The lowest BCUT2D eigenvalue weighted by molar-refractivity contribution is -0.124. The highest BCUT2D eigenvalue weighted by Gasteiger charge is 2.33. The molecule has 0 aliphatic carbocycles. The third-order valence-electron chi connectivity index (χ3n) is 4.91. The first-order valence-electron chi connectivity index (χ1n) is 8.99. The highest BCUT2D eigenvalue weighted by molar-refractivity contribution is 5.87. The van der Waals surface area contributed by atoms with Gasteiger partial charge in [0.05, 0.1) is 6.04 Å². The van der Waals surface area contributed by atoms with E-state index in [1.165, 1.54) is 11.1 Å². The van der Waals surface area contributed by atoms with Gasteiger partial charge in [0, 0.05) is 20.1 Å². The van der Waals surface area contributed by atoms with Gasteiger partial charge in [-0.15, -0.1) is 0 Å². The van der Waals surface area contributed by atoms with Crippen LogP contribution in [-0.4, -0.2) is 62.0 Å². The number of likely N-dealkylation sites (N-methyl/N-ethyl adjacent to an activating group) is 2. The number of nitrogens with zero attached hydrogens (tertiary/aromatic N) is 2. The molecular weight excluding hydrogens is 316 g/mol. The van der Waals surface area contributed by atoms with E-state index in [9.17, 15) is 9.59 Å². The average Bonchev–Trinajstić information content (AvgIpc) is 3.11. The molecule has 1 aromatic rings. The second kappa shape index (κ2) is 8.85. The summed E-state index contributed by atoms with van der Waals surface area (Å²) in [6, 6.07) is 8.09. The molecule has 0 bridgehead atoms. The van der Waals surface area contributed by atoms with E-state index in [4.69, 9.17) is 0 Å². The smallest absolute Gasteiger partial charge is 0.318 e. The number of amides is 3. The molecule has 6 nitrogen and oxygen atoms in total. The molecule has 1 aromatic carbocycles. The molecule has 0 aromatic heterocycles. The standard InChI is InChI=1S/C19H30N4O2/c1-5-14-8-10-15(11-9-14)17(22(3)4)13-21-19(25)23-12-6-7-16(23)18(24)20-2/h8-11,16-17H,5-7,12-13H2,1-4H3,(H,20,24)(H,21,25)/t16-,17+/m1/s1. The summed E-state index contributed by atoms with van der Waals surface area (Å²) in [4.78, 5) is 28.2. The summed E-state index contributed by atoms with van der Waals surface area (Å²) < 4.78 is 0. The van der Waals surface area contributed by atoms with E-state index in [1.54, 1.807) is 11.9 Å². The predicted octanol–water partition coefficient (Wildman–Crippen LogP) is 1.77. The van der Waals surface area contributed by atoms with Crippen LogP contribution in [0.15, 0.2) is 24.3 Å². The van der Waals surface area contributed by atoms with Crippen LogP contribution in [0, 0.1) is 0 Å². The number of aryl methyl sites for hydroxylation is 1. The van der Waals surface area contributed by atoms with Crippen LogP contribution < -0.4 is 10.6 Å². The van der Waals surface area contributed by atoms with Crippen molar-refractivity contribution in [1.29, 1.82) is 0 Å². The quantitative estimate of drug-likeness (QED) is 0.825. The maximum atomic E-state index is 12.6. The number of urea groups is 1. The molecule has 25 heavy (non-hydrogen) atoms. The molecule has 2 atom stereocenters. The zero-order valence-corrected chi connectivity index (χ0v) is 15.7. The molecule has 1 saturated heterocycles. The van der Waals surface area contributed by atoms with Crippen LogP contribution in [0.25, 0.3) is 0 Å². The Bertz CT molecular complexity index is 586. The van der Waals surface area contributed by atoms with Crippen LogP contribution in [0.2, 0.25) is 0 Å². The molecule has 0 radical (unpaired) electrons. The number of likely N-dealkylation sites (tertiary alicyclic amines) is 1. The molecule has 0 saturated carbocycles. The molecular formula is C19H30N4O2. The van der Waals surface area contributed by atoms with Crippen molar-refractivity contribution in [2.24, 2.45) is 0 Å². The molecule has 1 aliphatic rings. The van der Waals surface area contributed by atoms with E-state index in [0.717, 1.165) is 19.3 Å². The van der Waals surface area contributed by atoms with Gasteiger partial charge < -0.3 is 20.4 Å². The van der Waals surface area contributed by atoms with Crippen molar-refractivity contribution >= 4 is 11.9 Å². The Balaban J connectivity index is 2.00. The molecule has 0 unspecified atom stereocenters. The van der Waals surface area contributed by atoms with Crippen LogP contribution in [0.1, 0.15) is 36.9 Å². The molecule has 138 valence electrons. The van der Waals surface area contributed by atoms with Crippen molar-refractivity contribution in [3.63, 3.8) is 0 Å². The summed E-state index contributed by atoms with van der Waals surface area (Å²) in [6.45, 7) is 3.27. The van der Waals surface area contributed by atoms with Crippen molar-refractivity contribution in [2.45, 2.75) is 38.3 Å². The Kier molecular flexibility index (Phi) is 6.82. The topological polar surface area (TPSA) is 64.7 Å². The molecule has 3 amide bonds. The Hall–Kier alpha value is -2.08. The van der Waals surface area contributed by atoms with E-state index in [0.29, 0.717) is 13.1 Å². The normalized spacial score (nSPS) is 18.3. The number of benzene rings is 1. The van der Waals surface area contributed by atoms with E-state index >= 15 is 0 Å². The minimum absolute atomic E-state index is 0.0908. The van der Waals surface area contributed by atoms with Crippen molar-refractivity contribution in [1.82, 2.24) is 20.4 Å². The lowest BCUT2D eigenvalue weighted by atomic mass is 10.0. The number of hydrogen-bond donors (Lipinski definition) is 2. The summed E-state index contributed by atoms with van der Waals surface area (Å²) in [5.41, 5.74) is 2.47. The zero-order valence-electron chi connectivity index (χ0n) is 15.7. The number of carbonyl (C=O) groups excluding carboxylic acids is 2. The lowest BCUT2D eigenvalue weighted by Gasteiger charge is -2.28. The van der Waals surface area contributed by atoms with Gasteiger partial charge in [-0.1, -0.05) is 31.2 Å². The number of carbonyl (C=O) groups is 2. The van der Waals surface area contributed by atoms with Crippen LogP contribution in [0.3, 0.4) is 0 Å². The van der Waals surface area contributed by atoms with Crippen molar-refractivity contribution in [3.8, 4) is 0 Å². The Labute approximate surface area is 150 Å². The molecule has 1 fully saturated rings. The maximum absolute atomic E-state index is 12.6. The molecule has 1 aliphatic heterocycles. The van der Waals surface area contributed by atoms with Crippen molar-refractivity contribution in [2.75, 3.05) is 34.2 Å². The van der Waals surface area contributed by atoms with Crippen LogP contribution >= 0.6 is 0 Å². The first kappa shape index (κ1) is 19.2. The van der Waals surface area contributed by atoms with E-state index in [2.05, 4.69) is 46.7 Å². The minimum Gasteiger partial charge on any atom is -0.357 e. The number of rotatable bonds is 6. The van der Waals surface area contributed by atoms with Gasteiger partial charge in [-0.05, 0) is 44.5 Å². The zero-order chi connectivity index (χ0) is 18.4. The SMILES string of the molecule is CCc1ccc([C@H](CNC(=O)N2CCC[C@@H]2C(=O)NC)N(C)C)cc1. The van der Waals surface area contributed by atoms with Crippen molar-refractivity contribution < 1.29 is 9.59 Å². The third kappa shape index (κ3) is 4.72. The molecule has 6 heteroatoms. The van der Waals surface area contributed by atoms with Crippen LogP contribution in [0.5, 0.6) is 0 Å². The van der Waals surface area contributed by atoms with Crippen molar-refractivity contribution in [3.05, 3.63) is 35.4 Å². The van der Waals surface area contributed by atoms with E-state index in [1.807, 2.05) is 14.1 Å². The average molecular weight is 346 g/mol. The fraction of sp³-hybridized carbons (Fsp3) is 0.579.